The molecule has 0 radical (unpaired) electrons. The zero-order valence-electron chi connectivity index (χ0n) is 6.74. The maximum Gasteiger partial charge on any atom is 0.421 e. The molecule has 0 atom stereocenters. The third-order valence-corrected chi connectivity index (χ3v) is 1.59. The summed E-state index contributed by atoms with van der Waals surface area (Å²) in [5, 5.41) is 0. The second kappa shape index (κ2) is 3.28. The highest BCUT2D eigenvalue weighted by molar-refractivity contribution is 6.05. The van der Waals surface area contributed by atoms with E-state index < -0.39 is 29.6 Å². The molecule has 0 aliphatic heterocycles. The van der Waals surface area contributed by atoms with E-state index >= 15 is 0 Å². The van der Waals surface area contributed by atoms with E-state index in [1.54, 1.807) is 0 Å². The van der Waals surface area contributed by atoms with Crippen molar-refractivity contribution in [3.8, 4) is 0 Å². The molecule has 15 heavy (non-hydrogen) atoms. The first kappa shape index (κ1) is 13.5. The molecular formula is C5H4F6N2O2. The number of rotatable bonds is 2. The van der Waals surface area contributed by atoms with Crippen molar-refractivity contribution in [2.45, 2.75) is 12.4 Å². The Bertz CT molecular complexity index is 263. The average molecular weight is 238 g/mol. The zero-order valence-corrected chi connectivity index (χ0v) is 6.74. The molecule has 0 aliphatic carbocycles. The van der Waals surface area contributed by atoms with Gasteiger partial charge in [-0.05, 0) is 0 Å². The fourth-order valence-corrected chi connectivity index (χ4v) is 0.841. The molecular weight excluding hydrogens is 234 g/mol. The van der Waals surface area contributed by atoms with Crippen molar-refractivity contribution in [1.29, 1.82) is 0 Å². The first-order valence-corrected chi connectivity index (χ1v) is 3.12. The molecule has 0 aromatic heterocycles. The molecule has 0 heterocycles. The van der Waals surface area contributed by atoms with Crippen molar-refractivity contribution in [3.05, 3.63) is 0 Å². The first-order chi connectivity index (χ1) is 6.39. The second-order valence-electron chi connectivity index (χ2n) is 2.47. The van der Waals surface area contributed by atoms with Gasteiger partial charge in [0.05, 0.1) is 0 Å². The van der Waals surface area contributed by atoms with Crippen LogP contribution in [0.3, 0.4) is 0 Å². The quantitative estimate of drug-likeness (QED) is 0.526. The summed E-state index contributed by atoms with van der Waals surface area (Å²) in [7, 11) is 0. The van der Waals surface area contributed by atoms with Crippen molar-refractivity contribution in [2.75, 3.05) is 0 Å². The highest BCUT2D eigenvalue weighted by atomic mass is 19.4. The van der Waals surface area contributed by atoms with Crippen LogP contribution in [-0.2, 0) is 9.59 Å². The van der Waals surface area contributed by atoms with Crippen molar-refractivity contribution >= 4 is 11.8 Å². The van der Waals surface area contributed by atoms with Crippen molar-refractivity contribution in [3.63, 3.8) is 0 Å². The maximum absolute atomic E-state index is 12.1. The van der Waals surface area contributed by atoms with E-state index in [0.717, 1.165) is 0 Å². The number of halogens is 6. The number of primary amides is 2. The van der Waals surface area contributed by atoms with Crippen LogP contribution < -0.4 is 11.5 Å². The lowest BCUT2D eigenvalue weighted by molar-refractivity contribution is -0.309. The third kappa shape index (κ3) is 1.70. The van der Waals surface area contributed by atoms with Crippen LogP contribution in [0.1, 0.15) is 0 Å². The van der Waals surface area contributed by atoms with Crippen LogP contribution in [0.4, 0.5) is 26.3 Å². The summed E-state index contributed by atoms with van der Waals surface area (Å²) in [5.41, 5.74) is 2.58. The summed E-state index contributed by atoms with van der Waals surface area (Å²) in [5.74, 6) is -5.81. The average Bonchev–Trinajstić information content (AvgIpc) is 1.75. The predicted octanol–water partition coefficient (Wildman–Crippen LogP) is 0.0680. The molecule has 4 N–H and O–H groups in total. The number of carbonyl (C=O) groups is 2. The summed E-state index contributed by atoms with van der Waals surface area (Å²) in [6, 6.07) is 0. The smallest absolute Gasteiger partial charge is 0.368 e. The second-order valence-corrected chi connectivity index (χ2v) is 2.47. The van der Waals surface area contributed by atoms with Gasteiger partial charge in [-0.1, -0.05) is 0 Å². The molecule has 0 saturated carbocycles. The van der Waals surface area contributed by atoms with E-state index in [-0.39, 0.29) is 0 Å². The normalized spacial score (nSPS) is 13.7. The molecule has 0 aromatic carbocycles. The Hall–Kier alpha value is -1.48. The minimum atomic E-state index is -6.23. The van der Waals surface area contributed by atoms with Crippen LogP contribution in [0.5, 0.6) is 0 Å². The fraction of sp³-hybridized carbons (Fsp3) is 0.600. The molecule has 0 saturated heterocycles. The van der Waals surface area contributed by atoms with Gasteiger partial charge in [-0.15, -0.1) is 0 Å². The van der Waals surface area contributed by atoms with E-state index in [0.29, 0.717) is 0 Å². The van der Waals surface area contributed by atoms with Crippen LogP contribution >= 0.6 is 0 Å². The van der Waals surface area contributed by atoms with Gasteiger partial charge in [0.15, 0.2) is 0 Å². The van der Waals surface area contributed by atoms with Gasteiger partial charge in [-0.3, -0.25) is 9.59 Å². The zero-order chi connectivity index (χ0) is 12.7. The molecule has 0 fully saturated rings. The molecule has 0 aromatic rings. The van der Waals surface area contributed by atoms with E-state index in [4.69, 9.17) is 0 Å². The molecule has 0 rings (SSSR count). The number of carbonyl (C=O) groups excluding carboxylic acids is 2. The summed E-state index contributed by atoms with van der Waals surface area (Å²) in [4.78, 5) is 20.5. The van der Waals surface area contributed by atoms with Crippen LogP contribution in [0.25, 0.3) is 0 Å². The van der Waals surface area contributed by atoms with E-state index in [2.05, 4.69) is 11.5 Å². The van der Waals surface area contributed by atoms with Crippen LogP contribution in [0.2, 0.25) is 0 Å². The Morgan fingerprint density at radius 2 is 0.933 bits per heavy atom. The number of amides is 2. The topological polar surface area (TPSA) is 86.2 Å². The Morgan fingerprint density at radius 3 is 0.933 bits per heavy atom. The standard InChI is InChI=1S/C5H4F6N2O2/c6-4(7,8)3(1(12)14,2(13)15)5(9,10)11/h(H2,12,14)(H2,13,15). The summed E-state index contributed by atoms with van der Waals surface area (Å²) < 4.78 is 72.3. The Balaban J connectivity index is 5.97. The van der Waals surface area contributed by atoms with Crippen molar-refractivity contribution in [1.82, 2.24) is 0 Å². The van der Waals surface area contributed by atoms with Gasteiger partial charge in [0, 0.05) is 0 Å². The molecule has 88 valence electrons. The SMILES string of the molecule is NC(=O)C(C(N)=O)(C(F)(F)F)C(F)(F)F. The highest BCUT2D eigenvalue weighted by Gasteiger charge is 2.79. The summed E-state index contributed by atoms with van der Waals surface area (Å²) >= 11 is 0. The minimum Gasteiger partial charge on any atom is -0.368 e. The van der Waals surface area contributed by atoms with E-state index in [1.165, 1.54) is 0 Å². The predicted molar refractivity (Wildman–Crippen MR) is 32.9 cm³/mol. The molecule has 10 heteroatoms. The summed E-state index contributed by atoms with van der Waals surface area (Å²) in [6.07, 6.45) is -12.5. The molecule has 4 nitrogen and oxygen atoms in total. The van der Waals surface area contributed by atoms with Crippen molar-refractivity contribution < 1.29 is 35.9 Å². The Labute approximate surface area is 78.2 Å². The van der Waals surface area contributed by atoms with Gasteiger partial charge < -0.3 is 11.5 Å². The molecule has 0 aliphatic rings. The van der Waals surface area contributed by atoms with Gasteiger partial charge in [0.2, 0.25) is 0 Å². The fourth-order valence-electron chi connectivity index (χ4n) is 0.841. The van der Waals surface area contributed by atoms with Gasteiger partial charge in [0.1, 0.15) is 0 Å². The Kier molecular flexibility index (Phi) is 2.95. The van der Waals surface area contributed by atoms with E-state index in [1.807, 2.05) is 0 Å². The van der Waals surface area contributed by atoms with Gasteiger partial charge in [-0.25, -0.2) is 0 Å². The third-order valence-electron chi connectivity index (χ3n) is 1.59. The summed E-state index contributed by atoms with van der Waals surface area (Å²) in [6.45, 7) is 0. The lowest BCUT2D eigenvalue weighted by Crippen LogP contribution is -2.65. The number of hydrogen-bond donors (Lipinski definition) is 2. The number of alkyl halides is 6. The number of hydrogen-bond acceptors (Lipinski definition) is 2. The molecule has 0 bridgehead atoms. The monoisotopic (exact) mass is 238 g/mol. The highest BCUT2D eigenvalue weighted by Crippen LogP contribution is 2.49. The number of nitrogens with two attached hydrogens (primary N) is 2. The van der Waals surface area contributed by atoms with Crippen LogP contribution in [0, 0.1) is 5.41 Å². The molecule has 0 unspecified atom stereocenters. The van der Waals surface area contributed by atoms with Crippen molar-refractivity contribution in [2.24, 2.45) is 16.9 Å². The lowest BCUT2D eigenvalue weighted by atomic mass is 9.84. The first-order valence-electron chi connectivity index (χ1n) is 3.12. The molecule has 2 amide bonds. The molecule has 0 spiro atoms. The Morgan fingerprint density at radius 1 is 0.733 bits per heavy atom. The lowest BCUT2D eigenvalue weighted by Gasteiger charge is -2.31. The van der Waals surface area contributed by atoms with Crippen LogP contribution in [0.15, 0.2) is 0 Å². The largest absolute Gasteiger partial charge is 0.421 e. The minimum absolute atomic E-state index is 2.91. The van der Waals surface area contributed by atoms with Gasteiger partial charge in [-0.2, -0.15) is 26.3 Å². The van der Waals surface area contributed by atoms with E-state index in [9.17, 15) is 35.9 Å². The van der Waals surface area contributed by atoms with Crippen LogP contribution in [-0.4, -0.2) is 24.2 Å². The van der Waals surface area contributed by atoms with Gasteiger partial charge >= 0.3 is 17.8 Å². The maximum atomic E-state index is 12.1. The van der Waals surface area contributed by atoms with Gasteiger partial charge in [0.25, 0.3) is 11.8 Å².